The van der Waals surface area contributed by atoms with E-state index >= 15 is 0 Å². The molecule has 0 unspecified atom stereocenters. The van der Waals surface area contributed by atoms with Crippen molar-refractivity contribution in [3.63, 3.8) is 0 Å². The van der Waals surface area contributed by atoms with Crippen molar-refractivity contribution >= 4 is 20.9 Å². The van der Waals surface area contributed by atoms with E-state index in [2.05, 4.69) is 24.3 Å². The molecular formula is C19H18O3S. The third kappa shape index (κ3) is 3.44. The van der Waals surface area contributed by atoms with Gasteiger partial charge < -0.3 is 0 Å². The molecular weight excluding hydrogens is 308 g/mol. The predicted octanol–water partition coefficient (Wildman–Crippen LogP) is 4.18. The van der Waals surface area contributed by atoms with Crippen molar-refractivity contribution in [3.05, 3.63) is 77.4 Å². The lowest BCUT2D eigenvalue weighted by Crippen LogP contribution is -2.01. The van der Waals surface area contributed by atoms with Gasteiger partial charge in [0.2, 0.25) is 0 Å². The zero-order valence-corrected chi connectivity index (χ0v) is 13.7. The van der Waals surface area contributed by atoms with Crippen LogP contribution in [0, 0.1) is 6.92 Å². The third-order valence-electron chi connectivity index (χ3n) is 4.16. The molecule has 0 amide bonds. The summed E-state index contributed by atoms with van der Waals surface area (Å²) in [4.78, 5) is -0.0454. The van der Waals surface area contributed by atoms with Crippen LogP contribution in [0.4, 0.5) is 0 Å². The number of aryl methyl sites for hydroxylation is 3. The molecule has 0 saturated carbocycles. The van der Waals surface area contributed by atoms with E-state index in [-0.39, 0.29) is 4.90 Å². The van der Waals surface area contributed by atoms with Crippen LogP contribution in [0.15, 0.2) is 65.6 Å². The molecule has 0 aliphatic rings. The molecule has 0 radical (unpaired) electrons. The SMILES string of the molecule is Cc1ccc(S(=O)(=O)O)cc1CCc1cccc2ccccc12. The average molecular weight is 326 g/mol. The second-order valence-electron chi connectivity index (χ2n) is 5.70. The van der Waals surface area contributed by atoms with Gasteiger partial charge in [0.15, 0.2) is 0 Å². The molecule has 0 aliphatic heterocycles. The van der Waals surface area contributed by atoms with Gasteiger partial charge >= 0.3 is 0 Å². The maximum absolute atomic E-state index is 11.3. The van der Waals surface area contributed by atoms with Gasteiger partial charge in [-0.2, -0.15) is 8.42 Å². The highest BCUT2D eigenvalue weighted by atomic mass is 32.2. The van der Waals surface area contributed by atoms with Gasteiger partial charge in [-0.15, -0.1) is 0 Å². The van der Waals surface area contributed by atoms with E-state index in [0.717, 1.165) is 24.0 Å². The lowest BCUT2D eigenvalue weighted by atomic mass is 9.97. The standard InChI is InChI=1S/C19H18O3S/c1-14-9-12-18(23(20,21)22)13-17(14)11-10-16-7-4-6-15-5-2-3-8-19(15)16/h2-9,12-13H,10-11H2,1H3,(H,20,21,22). The van der Waals surface area contributed by atoms with Gasteiger partial charge in [-0.3, -0.25) is 4.55 Å². The Bertz CT molecular complexity index is 954. The molecule has 0 bridgehead atoms. The summed E-state index contributed by atoms with van der Waals surface area (Å²) in [5.74, 6) is 0. The van der Waals surface area contributed by atoms with E-state index in [1.54, 1.807) is 12.1 Å². The van der Waals surface area contributed by atoms with Crippen LogP contribution in [0.2, 0.25) is 0 Å². The summed E-state index contributed by atoms with van der Waals surface area (Å²) in [6.07, 6.45) is 1.54. The molecule has 0 spiro atoms. The first kappa shape index (κ1) is 15.7. The molecule has 3 nitrogen and oxygen atoms in total. The highest BCUT2D eigenvalue weighted by Gasteiger charge is 2.11. The number of hydrogen-bond donors (Lipinski definition) is 1. The number of benzene rings is 3. The number of rotatable bonds is 4. The molecule has 0 aromatic heterocycles. The zero-order chi connectivity index (χ0) is 16.4. The first-order valence-corrected chi connectivity index (χ1v) is 8.93. The van der Waals surface area contributed by atoms with Crippen molar-refractivity contribution in [2.75, 3.05) is 0 Å². The summed E-state index contributed by atoms with van der Waals surface area (Å²) < 4.78 is 31.8. The van der Waals surface area contributed by atoms with Crippen LogP contribution in [0.1, 0.15) is 16.7 Å². The molecule has 4 heteroatoms. The monoisotopic (exact) mass is 326 g/mol. The van der Waals surface area contributed by atoms with Gasteiger partial charge in [0.1, 0.15) is 0 Å². The molecule has 118 valence electrons. The summed E-state index contributed by atoms with van der Waals surface area (Å²) in [5.41, 5.74) is 3.20. The normalized spacial score (nSPS) is 11.7. The Balaban J connectivity index is 1.91. The van der Waals surface area contributed by atoms with Crippen LogP contribution < -0.4 is 0 Å². The van der Waals surface area contributed by atoms with Crippen LogP contribution in [-0.4, -0.2) is 13.0 Å². The Kier molecular flexibility index (Phi) is 4.20. The molecule has 0 fully saturated rings. The van der Waals surface area contributed by atoms with E-state index < -0.39 is 10.1 Å². The van der Waals surface area contributed by atoms with Crippen LogP contribution in [0.3, 0.4) is 0 Å². The maximum atomic E-state index is 11.3. The highest BCUT2D eigenvalue weighted by molar-refractivity contribution is 7.85. The Morgan fingerprint density at radius 2 is 1.57 bits per heavy atom. The van der Waals surface area contributed by atoms with E-state index in [1.165, 1.54) is 22.4 Å². The van der Waals surface area contributed by atoms with Crippen molar-refractivity contribution in [1.29, 1.82) is 0 Å². The molecule has 3 rings (SSSR count). The van der Waals surface area contributed by atoms with Gasteiger partial charge in [0.05, 0.1) is 4.90 Å². The highest BCUT2D eigenvalue weighted by Crippen LogP contribution is 2.22. The second-order valence-corrected chi connectivity index (χ2v) is 7.12. The minimum absolute atomic E-state index is 0.0454. The fourth-order valence-corrected chi connectivity index (χ4v) is 3.39. The molecule has 0 heterocycles. The number of fused-ring (bicyclic) bond motifs is 1. The predicted molar refractivity (Wildman–Crippen MR) is 92.3 cm³/mol. The van der Waals surface area contributed by atoms with Gasteiger partial charge in [0, 0.05) is 0 Å². The van der Waals surface area contributed by atoms with Crippen LogP contribution in [-0.2, 0) is 23.0 Å². The average Bonchev–Trinajstić information content (AvgIpc) is 2.53. The van der Waals surface area contributed by atoms with Gasteiger partial charge in [-0.25, -0.2) is 0 Å². The van der Waals surface area contributed by atoms with E-state index in [0.29, 0.717) is 0 Å². The van der Waals surface area contributed by atoms with Crippen molar-refractivity contribution < 1.29 is 13.0 Å². The Hall–Kier alpha value is -2.17. The van der Waals surface area contributed by atoms with Gasteiger partial charge in [-0.05, 0) is 59.4 Å². The molecule has 0 saturated heterocycles. The lowest BCUT2D eigenvalue weighted by molar-refractivity contribution is 0.483. The summed E-state index contributed by atoms with van der Waals surface area (Å²) in [5, 5.41) is 2.42. The molecule has 1 N–H and O–H groups in total. The summed E-state index contributed by atoms with van der Waals surface area (Å²) in [7, 11) is -4.16. The Morgan fingerprint density at radius 3 is 2.35 bits per heavy atom. The van der Waals surface area contributed by atoms with Crippen LogP contribution in [0.5, 0.6) is 0 Å². The number of hydrogen-bond acceptors (Lipinski definition) is 2. The van der Waals surface area contributed by atoms with E-state index in [1.807, 2.05) is 25.1 Å². The van der Waals surface area contributed by atoms with Crippen LogP contribution in [0.25, 0.3) is 10.8 Å². The molecule has 0 aliphatic carbocycles. The lowest BCUT2D eigenvalue weighted by Gasteiger charge is -2.10. The minimum Gasteiger partial charge on any atom is -0.282 e. The zero-order valence-electron chi connectivity index (χ0n) is 12.9. The topological polar surface area (TPSA) is 54.4 Å². The van der Waals surface area contributed by atoms with Crippen molar-refractivity contribution in [1.82, 2.24) is 0 Å². The van der Waals surface area contributed by atoms with E-state index in [4.69, 9.17) is 0 Å². The van der Waals surface area contributed by atoms with Gasteiger partial charge in [-0.1, -0.05) is 48.5 Å². The second kappa shape index (κ2) is 6.14. The van der Waals surface area contributed by atoms with Crippen molar-refractivity contribution in [2.45, 2.75) is 24.7 Å². The minimum atomic E-state index is -4.16. The first-order valence-electron chi connectivity index (χ1n) is 7.49. The Morgan fingerprint density at radius 1 is 0.870 bits per heavy atom. The summed E-state index contributed by atoms with van der Waals surface area (Å²) >= 11 is 0. The first-order chi connectivity index (χ1) is 10.9. The summed E-state index contributed by atoms with van der Waals surface area (Å²) in [6.45, 7) is 1.95. The quantitative estimate of drug-likeness (QED) is 0.732. The largest absolute Gasteiger partial charge is 0.294 e. The molecule has 3 aromatic rings. The van der Waals surface area contributed by atoms with Crippen molar-refractivity contribution in [3.8, 4) is 0 Å². The van der Waals surface area contributed by atoms with Crippen molar-refractivity contribution in [2.24, 2.45) is 0 Å². The maximum Gasteiger partial charge on any atom is 0.294 e. The van der Waals surface area contributed by atoms with Gasteiger partial charge in [0.25, 0.3) is 10.1 Å². The molecule has 3 aromatic carbocycles. The molecule has 23 heavy (non-hydrogen) atoms. The Labute approximate surface area is 136 Å². The fourth-order valence-electron chi connectivity index (χ4n) is 2.86. The summed E-state index contributed by atoms with van der Waals surface area (Å²) in [6, 6.07) is 19.2. The molecule has 0 atom stereocenters. The smallest absolute Gasteiger partial charge is 0.282 e. The third-order valence-corrected chi connectivity index (χ3v) is 5.01. The fraction of sp³-hybridized carbons (Fsp3) is 0.158. The van der Waals surface area contributed by atoms with Crippen LogP contribution >= 0.6 is 0 Å². The van der Waals surface area contributed by atoms with E-state index in [9.17, 15) is 13.0 Å².